The quantitative estimate of drug-likeness (QED) is 0.870. The average molecular weight is 250 g/mol. The van der Waals surface area contributed by atoms with E-state index in [9.17, 15) is 0 Å². The fourth-order valence-corrected chi connectivity index (χ4v) is 2.28. The van der Waals surface area contributed by atoms with E-state index in [1.165, 1.54) is 11.2 Å². The van der Waals surface area contributed by atoms with Crippen LogP contribution in [0.4, 0.5) is 0 Å². The van der Waals surface area contributed by atoms with Crippen LogP contribution < -0.4 is 10.1 Å². The van der Waals surface area contributed by atoms with Gasteiger partial charge in [0.2, 0.25) is 5.88 Å². The summed E-state index contributed by atoms with van der Waals surface area (Å²) >= 11 is 1.64. The van der Waals surface area contributed by atoms with Crippen LogP contribution in [0.1, 0.15) is 16.6 Å². The van der Waals surface area contributed by atoms with Crippen molar-refractivity contribution in [1.29, 1.82) is 0 Å². The van der Waals surface area contributed by atoms with Crippen molar-refractivity contribution in [2.75, 3.05) is 14.2 Å². The minimum absolute atomic E-state index is 0.224. The van der Waals surface area contributed by atoms with Gasteiger partial charge in [0.25, 0.3) is 0 Å². The Hall–Kier alpha value is -1.53. The van der Waals surface area contributed by atoms with Crippen LogP contribution in [0, 0.1) is 0 Å². The largest absolute Gasteiger partial charge is 0.481 e. The summed E-state index contributed by atoms with van der Waals surface area (Å²) in [4.78, 5) is 13.5. The molecule has 1 atom stereocenters. The fraction of sp³-hybridized carbons (Fsp3) is 0.364. The first-order chi connectivity index (χ1) is 8.33. The normalized spacial score (nSPS) is 12.4. The van der Waals surface area contributed by atoms with Crippen LogP contribution in [0.2, 0.25) is 0 Å². The molecule has 0 fully saturated rings. The topological polar surface area (TPSA) is 59.9 Å². The molecule has 17 heavy (non-hydrogen) atoms. The smallest absolute Gasteiger partial charge is 0.216 e. The van der Waals surface area contributed by atoms with Crippen molar-refractivity contribution < 1.29 is 4.74 Å². The lowest BCUT2D eigenvalue weighted by Gasteiger charge is -2.13. The first-order valence-electron chi connectivity index (χ1n) is 5.24. The third-order valence-electron chi connectivity index (χ3n) is 2.46. The molecule has 0 saturated carbocycles. The lowest BCUT2D eigenvalue weighted by molar-refractivity contribution is 0.395. The zero-order valence-electron chi connectivity index (χ0n) is 9.75. The summed E-state index contributed by atoms with van der Waals surface area (Å²) in [6.45, 7) is 0. The number of hydrogen-bond donors (Lipinski definition) is 1. The number of nitrogens with zero attached hydrogens (tertiary/aromatic N) is 3. The van der Waals surface area contributed by atoms with Crippen LogP contribution >= 0.6 is 11.3 Å². The molecule has 0 radical (unpaired) electrons. The van der Waals surface area contributed by atoms with Gasteiger partial charge in [0.15, 0.2) is 0 Å². The van der Waals surface area contributed by atoms with Gasteiger partial charge < -0.3 is 10.1 Å². The van der Waals surface area contributed by atoms with Gasteiger partial charge in [-0.15, -0.1) is 11.3 Å². The second-order valence-electron chi connectivity index (χ2n) is 3.50. The van der Waals surface area contributed by atoms with E-state index in [-0.39, 0.29) is 6.04 Å². The summed E-state index contributed by atoms with van der Waals surface area (Å²) in [5.74, 6) is 0.592. The van der Waals surface area contributed by atoms with Gasteiger partial charge in [-0.3, -0.25) is 4.98 Å². The molecule has 0 aliphatic rings. The molecule has 0 aliphatic heterocycles. The predicted molar refractivity (Wildman–Crippen MR) is 66.2 cm³/mol. The Morgan fingerprint density at radius 2 is 2.35 bits per heavy atom. The lowest BCUT2D eigenvalue weighted by Crippen LogP contribution is -2.18. The Bertz CT molecular complexity index is 460. The SMILES string of the molecule is CNC(Cc1cc(OC)ncn1)c1cncs1. The van der Waals surface area contributed by atoms with E-state index >= 15 is 0 Å². The average Bonchev–Trinajstić information content (AvgIpc) is 2.90. The molecule has 1 unspecified atom stereocenters. The van der Waals surface area contributed by atoms with Crippen molar-refractivity contribution in [3.05, 3.63) is 34.7 Å². The van der Waals surface area contributed by atoms with Gasteiger partial charge >= 0.3 is 0 Å². The number of aromatic nitrogens is 3. The van der Waals surface area contributed by atoms with Gasteiger partial charge in [-0.1, -0.05) is 0 Å². The fourth-order valence-electron chi connectivity index (χ4n) is 1.55. The Balaban J connectivity index is 2.13. The van der Waals surface area contributed by atoms with E-state index in [4.69, 9.17) is 4.74 Å². The number of likely N-dealkylation sites (N-methyl/N-ethyl adjacent to an activating group) is 1. The molecule has 2 heterocycles. The molecule has 6 heteroatoms. The van der Waals surface area contributed by atoms with E-state index < -0.39 is 0 Å². The van der Waals surface area contributed by atoms with Crippen molar-refractivity contribution in [1.82, 2.24) is 20.3 Å². The van der Waals surface area contributed by atoms with Gasteiger partial charge in [-0.2, -0.15) is 0 Å². The van der Waals surface area contributed by atoms with Crippen LogP contribution in [-0.2, 0) is 6.42 Å². The van der Waals surface area contributed by atoms with E-state index in [0.717, 1.165) is 12.1 Å². The highest BCUT2D eigenvalue weighted by molar-refractivity contribution is 7.09. The second kappa shape index (κ2) is 5.70. The first kappa shape index (κ1) is 11.9. The van der Waals surface area contributed by atoms with Crippen molar-refractivity contribution in [3.63, 3.8) is 0 Å². The van der Waals surface area contributed by atoms with Gasteiger partial charge in [0.05, 0.1) is 12.6 Å². The number of methoxy groups -OCH3 is 1. The van der Waals surface area contributed by atoms with Gasteiger partial charge in [0.1, 0.15) is 6.33 Å². The van der Waals surface area contributed by atoms with E-state index in [1.54, 1.807) is 18.4 Å². The summed E-state index contributed by atoms with van der Waals surface area (Å²) in [6, 6.07) is 2.08. The van der Waals surface area contributed by atoms with Gasteiger partial charge in [0, 0.05) is 35.3 Å². The van der Waals surface area contributed by atoms with E-state index in [0.29, 0.717) is 5.88 Å². The van der Waals surface area contributed by atoms with Crippen molar-refractivity contribution in [2.45, 2.75) is 12.5 Å². The summed E-state index contributed by atoms with van der Waals surface area (Å²) < 4.78 is 5.08. The van der Waals surface area contributed by atoms with E-state index in [1.807, 2.05) is 24.8 Å². The molecule has 1 N–H and O–H groups in total. The Labute approximate surface area is 104 Å². The maximum absolute atomic E-state index is 5.08. The molecule has 0 aliphatic carbocycles. The molecule has 2 aromatic heterocycles. The maximum atomic E-state index is 5.08. The molecule has 2 aromatic rings. The zero-order chi connectivity index (χ0) is 12.1. The monoisotopic (exact) mass is 250 g/mol. The summed E-state index contributed by atoms with van der Waals surface area (Å²) in [7, 11) is 3.54. The molecule has 0 bridgehead atoms. The minimum atomic E-state index is 0.224. The molecule has 0 amide bonds. The summed E-state index contributed by atoms with van der Waals surface area (Å²) in [6.07, 6.45) is 4.19. The van der Waals surface area contributed by atoms with Crippen LogP contribution in [0.25, 0.3) is 0 Å². The third-order valence-corrected chi connectivity index (χ3v) is 3.35. The van der Waals surface area contributed by atoms with E-state index in [2.05, 4.69) is 20.3 Å². The highest BCUT2D eigenvalue weighted by Gasteiger charge is 2.13. The van der Waals surface area contributed by atoms with Crippen LogP contribution in [-0.4, -0.2) is 29.1 Å². The highest BCUT2D eigenvalue weighted by atomic mass is 32.1. The number of rotatable bonds is 5. The molecule has 0 aromatic carbocycles. The molecular formula is C11H14N4OS. The van der Waals surface area contributed by atoms with Crippen LogP contribution in [0.15, 0.2) is 24.1 Å². The molecule has 2 rings (SSSR count). The van der Waals surface area contributed by atoms with Gasteiger partial charge in [-0.05, 0) is 7.05 Å². The number of nitrogens with one attached hydrogen (secondary N) is 1. The van der Waals surface area contributed by atoms with Crippen molar-refractivity contribution >= 4 is 11.3 Å². The highest BCUT2D eigenvalue weighted by Crippen LogP contribution is 2.21. The van der Waals surface area contributed by atoms with Crippen molar-refractivity contribution in [2.24, 2.45) is 0 Å². The lowest BCUT2D eigenvalue weighted by atomic mass is 10.1. The molecule has 5 nitrogen and oxygen atoms in total. The van der Waals surface area contributed by atoms with Gasteiger partial charge in [-0.25, -0.2) is 9.97 Å². The minimum Gasteiger partial charge on any atom is -0.481 e. The predicted octanol–water partition coefficient (Wildman–Crippen LogP) is 1.44. The Morgan fingerprint density at radius 3 is 3.00 bits per heavy atom. The molecule has 90 valence electrons. The standard InChI is InChI=1S/C11H14N4OS/c1-12-9(10-5-13-7-17-10)3-8-4-11(16-2)15-6-14-8/h4-7,9,12H,3H2,1-2H3. The second-order valence-corrected chi connectivity index (χ2v) is 4.42. The Kier molecular flexibility index (Phi) is 4.00. The van der Waals surface area contributed by atoms with Crippen LogP contribution in [0.5, 0.6) is 5.88 Å². The Morgan fingerprint density at radius 1 is 1.47 bits per heavy atom. The maximum Gasteiger partial charge on any atom is 0.216 e. The number of thiazole rings is 1. The number of hydrogen-bond acceptors (Lipinski definition) is 6. The first-order valence-corrected chi connectivity index (χ1v) is 6.12. The summed E-state index contributed by atoms with van der Waals surface area (Å²) in [5, 5.41) is 3.26. The molecular weight excluding hydrogens is 236 g/mol. The van der Waals surface area contributed by atoms with Crippen LogP contribution in [0.3, 0.4) is 0 Å². The summed E-state index contributed by atoms with van der Waals surface area (Å²) in [5.41, 5.74) is 2.78. The third kappa shape index (κ3) is 2.98. The number of ether oxygens (including phenoxy) is 1. The zero-order valence-corrected chi connectivity index (χ0v) is 10.6. The van der Waals surface area contributed by atoms with Crippen molar-refractivity contribution in [3.8, 4) is 5.88 Å². The molecule has 0 saturated heterocycles. The molecule has 0 spiro atoms.